The van der Waals surface area contributed by atoms with Crippen molar-refractivity contribution in [3.8, 4) is 11.4 Å². The number of imidazole rings is 1. The second kappa shape index (κ2) is 5.48. The summed E-state index contributed by atoms with van der Waals surface area (Å²) in [5.41, 5.74) is 3.09. The molecule has 0 radical (unpaired) electrons. The van der Waals surface area contributed by atoms with Crippen LogP contribution in [0.2, 0.25) is 0 Å². The van der Waals surface area contributed by atoms with Crippen molar-refractivity contribution in [1.82, 2.24) is 9.66 Å². The Morgan fingerprint density at radius 2 is 1.91 bits per heavy atom. The first-order valence-electron chi connectivity index (χ1n) is 6.91. The van der Waals surface area contributed by atoms with E-state index in [4.69, 9.17) is 0 Å². The molecule has 0 fully saturated rings. The highest BCUT2D eigenvalue weighted by molar-refractivity contribution is 6.21. The predicted octanol–water partition coefficient (Wildman–Crippen LogP) is 1.96. The molecule has 2 aromatic rings. The number of nitro benzene ring substituents is 1. The Morgan fingerprint density at radius 1 is 1.22 bits per heavy atom. The third-order valence-electron chi connectivity index (χ3n) is 3.39. The van der Waals surface area contributed by atoms with Crippen molar-refractivity contribution in [3.05, 3.63) is 57.9 Å². The Bertz CT molecular complexity index is 866. The molecular formula is C15H12N4O4. The summed E-state index contributed by atoms with van der Waals surface area (Å²) in [6.45, 7) is 2.25. The van der Waals surface area contributed by atoms with Gasteiger partial charge in [0.25, 0.3) is 5.69 Å². The monoisotopic (exact) mass is 312 g/mol. The van der Waals surface area contributed by atoms with Crippen molar-refractivity contribution < 1.29 is 14.5 Å². The van der Waals surface area contributed by atoms with Gasteiger partial charge in [0.05, 0.1) is 10.5 Å². The fourth-order valence-corrected chi connectivity index (χ4v) is 2.44. The fourth-order valence-electron chi connectivity index (χ4n) is 2.44. The van der Waals surface area contributed by atoms with Crippen LogP contribution in [0.15, 0.2) is 36.4 Å². The minimum absolute atomic E-state index is 0.00778. The third kappa shape index (κ3) is 2.30. The van der Waals surface area contributed by atoms with E-state index in [0.29, 0.717) is 6.54 Å². The van der Waals surface area contributed by atoms with E-state index >= 15 is 0 Å². The molecule has 1 N–H and O–H groups in total. The number of carbonyl (C=O) groups is 2. The van der Waals surface area contributed by atoms with Crippen LogP contribution in [0, 0.1) is 10.1 Å². The van der Waals surface area contributed by atoms with Gasteiger partial charge in [-0.3, -0.25) is 19.7 Å². The first-order valence-corrected chi connectivity index (χ1v) is 6.91. The Hall–Kier alpha value is -3.29. The van der Waals surface area contributed by atoms with Gasteiger partial charge in [-0.05, 0) is 25.1 Å². The number of nitrogens with one attached hydrogen (secondary N) is 1. The molecule has 3 rings (SSSR count). The second-order valence-electron chi connectivity index (χ2n) is 4.82. The molecule has 8 nitrogen and oxygen atoms in total. The van der Waals surface area contributed by atoms with E-state index in [1.54, 1.807) is 19.1 Å². The van der Waals surface area contributed by atoms with Crippen LogP contribution in [0.4, 0.5) is 5.69 Å². The summed E-state index contributed by atoms with van der Waals surface area (Å²) in [7, 11) is 0. The normalized spacial score (nSPS) is 13.1. The number of allylic oxidation sites excluding steroid dienone is 2. The maximum atomic E-state index is 12.1. The lowest BCUT2D eigenvalue weighted by molar-refractivity contribution is -0.384. The summed E-state index contributed by atoms with van der Waals surface area (Å²) in [6, 6.07) is 6.05. The van der Waals surface area contributed by atoms with Gasteiger partial charge < -0.3 is 5.43 Å². The first kappa shape index (κ1) is 14.6. The van der Waals surface area contributed by atoms with E-state index in [9.17, 15) is 19.7 Å². The Morgan fingerprint density at radius 3 is 2.61 bits per heavy atom. The molecule has 1 aromatic carbocycles. The van der Waals surface area contributed by atoms with Gasteiger partial charge in [0.15, 0.2) is 5.82 Å². The molecule has 8 heteroatoms. The molecule has 1 aliphatic rings. The molecular weight excluding hydrogens is 300 g/mol. The number of aromatic nitrogens is 2. The highest BCUT2D eigenvalue weighted by Crippen LogP contribution is 2.31. The number of carbonyl (C=O) groups excluding carboxylic acids is 2. The smallest absolute Gasteiger partial charge is 0.280 e. The summed E-state index contributed by atoms with van der Waals surface area (Å²) in [6.07, 6.45) is 2.32. The van der Waals surface area contributed by atoms with Crippen molar-refractivity contribution in [2.24, 2.45) is 0 Å². The molecule has 23 heavy (non-hydrogen) atoms. The number of rotatable bonds is 4. The van der Waals surface area contributed by atoms with Crippen LogP contribution >= 0.6 is 0 Å². The van der Waals surface area contributed by atoms with Gasteiger partial charge in [-0.1, -0.05) is 12.1 Å². The van der Waals surface area contributed by atoms with Crippen LogP contribution in [0.25, 0.3) is 11.4 Å². The highest BCUT2D eigenvalue weighted by Gasteiger charge is 2.31. The quantitative estimate of drug-likeness (QED) is 0.683. The second-order valence-corrected chi connectivity index (χ2v) is 4.82. The topological polar surface area (TPSA) is 107 Å². The van der Waals surface area contributed by atoms with Crippen molar-refractivity contribution in [2.75, 3.05) is 12.0 Å². The van der Waals surface area contributed by atoms with Crippen LogP contribution in [0.3, 0.4) is 0 Å². The largest absolute Gasteiger partial charge is 0.324 e. The number of fused-ring (bicyclic) bond motifs is 1. The third-order valence-corrected chi connectivity index (χ3v) is 3.39. The number of nitrogens with zero attached hydrogens (tertiary/aromatic N) is 3. The van der Waals surface area contributed by atoms with E-state index in [1.165, 1.54) is 22.9 Å². The molecule has 0 saturated carbocycles. The van der Waals surface area contributed by atoms with Gasteiger partial charge >= 0.3 is 0 Å². The molecule has 0 aliphatic heterocycles. The van der Waals surface area contributed by atoms with Crippen LogP contribution in [-0.4, -0.2) is 32.7 Å². The number of ketones is 2. The number of hydrogen-bond acceptors (Lipinski definition) is 6. The fraction of sp³-hybridized carbons (Fsp3) is 0.133. The Labute approximate surface area is 130 Å². The summed E-state index contributed by atoms with van der Waals surface area (Å²) in [5, 5.41) is 11.2. The maximum Gasteiger partial charge on any atom is 0.280 e. The van der Waals surface area contributed by atoms with Gasteiger partial charge in [0, 0.05) is 12.6 Å². The molecule has 1 aliphatic carbocycles. The van der Waals surface area contributed by atoms with Crippen molar-refractivity contribution in [2.45, 2.75) is 6.92 Å². The van der Waals surface area contributed by atoms with Gasteiger partial charge in [-0.15, -0.1) is 0 Å². The molecule has 0 atom stereocenters. The summed E-state index contributed by atoms with van der Waals surface area (Å²) < 4.78 is 1.35. The minimum Gasteiger partial charge on any atom is -0.324 e. The molecule has 0 unspecified atom stereocenters. The average molecular weight is 312 g/mol. The van der Waals surface area contributed by atoms with E-state index in [2.05, 4.69) is 10.4 Å². The first-order chi connectivity index (χ1) is 11.0. The lowest BCUT2D eigenvalue weighted by Crippen LogP contribution is -2.23. The summed E-state index contributed by atoms with van der Waals surface area (Å²) in [5.74, 6) is -0.622. The highest BCUT2D eigenvalue weighted by atomic mass is 16.6. The summed E-state index contributed by atoms with van der Waals surface area (Å²) >= 11 is 0. The molecule has 0 saturated heterocycles. The standard InChI is InChI=1S/C15H12N4O4/c1-2-16-18-14-12(21)8-7-11(20)13(14)17-15(18)9-5-3-4-6-10(9)19(22)23/h3-8,16H,2H2,1H3. The van der Waals surface area contributed by atoms with E-state index in [1.807, 2.05) is 0 Å². The van der Waals surface area contributed by atoms with E-state index in [-0.39, 0.29) is 34.2 Å². The van der Waals surface area contributed by atoms with Crippen molar-refractivity contribution in [1.29, 1.82) is 0 Å². The lowest BCUT2D eigenvalue weighted by Gasteiger charge is -2.12. The zero-order valence-corrected chi connectivity index (χ0v) is 12.1. The van der Waals surface area contributed by atoms with Gasteiger partial charge in [0.1, 0.15) is 11.4 Å². The zero-order chi connectivity index (χ0) is 16.6. The average Bonchev–Trinajstić information content (AvgIpc) is 2.92. The minimum atomic E-state index is -0.527. The molecule has 1 heterocycles. The predicted molar refractivity (Wildman–Crippen MR) is 82.0 cm³/mol. The molecule has 0 spiro atoms. The maximum absolute atomic E-state index is 12.1. The van der Waals surface area contributed by atoms with Gasteiger partial charge in [0.2, 0.25) is 11.6 Å². The number of nitro groups is 1. The van der Waals surface area contributed by atoms with E-state index in [0.717, 1.165) is 6.08 Å². The van der Waals surface area contributed by atoms with Crippen LogP contribution in [0.1, 0.15) is 27.9 Å². The van der Waals surface area contributed by atoms with E-state index < -0.39 is 10.7 Å². The molecule has 1 aromatic heterocycles. The Balaban J connectivity index is 2.30. The Kier molecular flexibility index (Phi) is 3.49. The van der Waals surface area contributed by atoms with Gasteiger partial charge in [-0.25, -0.2) is 9.66 Å². The molecule has 0 amide bonds. The van der Waals surface area contributed by atoms with Crippen LogP contribution < -0.4 is 5.43 Å². The number of para-hydroxylation sites is 1. The van der Waals surface area contributed by atoms with Crippen LogP contribution in [-0.2, 0) is 0 Å². The molecule has 116 valence electrons. The molecule has 0 bridgehead atoms. The van der Waals surface area contributed by atoms with Crippen molar-refractivity contribution >= 4 is 17.3 Å². The zero-order valence-electron chi connectivity index (χ0n) is 12.1. The number of hydrogen-bond donors (Lipinski definition) is 1. The van der Waals surface area contributed by atoms with Gasteiger partial charge in [-0.2, -0.15) is 0 Å². The SMILES string of the molecule is CCNn1c(-c2ccccc2[N+](=O)[O-])nc2c1C(=O)C=CC2=O. The van der Waals surface area contributed by atoms with Crippen LogP contribution in [0.5, 0.6) is 0 Å². The summed E-state index contributed by atoms with van der Waals surface area (Å²) in [4.78, 5) is 39.0. The number of benzene rings is 1. The van der Waals surface area contributed by atoms with Crippen molar-refractivity contribution in [3.63, 3.8) is 0 Å². The lowest BCUT2D eigenvalue weighted by atomic mass is 10.1.